The number of carbonyl (C=O) groups excluding carboxylic acids is 3. The summed E-state index contributed by atoms with van der Waals surface area (Å²) in [4.78, 5) is 38.5. The molecule has 8 nitrogen and oxygen atoms in total. The summed E-state index contributed by atoms with van der Waals surface area (Å²) in [5.74, 6) is -1.19. The number of amides is 3. The summed E-state index contributed by atoms with van der Waals surface area (Å²) in [6.07, 6.45) is 1.68. The number of nitrogens with one attached hydrogen (secondary N) is 4. The number of fused-ring (bicyclic) bond motifs is 1. The lowest BCUT2D eigenvalue weighted by Crippen LogP contribution is -2.53. The Labute approximate surface area is 206 Å². The summed E-state index contributed by atoms with van der Waals surface area (Å²) in [6, 6.07) is 5.43. The molecular weight excluding hydrogens is 454 g/mol. The highest BCUT2D eigenvalue weighted by molar-refractivity contribution is 6.33. The third-order valence-electron chi connectivity index (χ3n) is 6.19. The summed E-state index contributed by atoms with van der Waals surface area (Å²) in [5, 5.41) is 21.9. The highest BCUT2D eigenvalue weighted by Gasteiger charge is 2.39. The fourth-order valence-corrected chi connectivity index (χ4v) is 4.93. The van der Waals surface area contributed by atoms with Crippen molar-refractivity contribution in [3.63, 3.8) is 0 Å². The van der Waals surface area contributed by atoms with Gasteiger partial charge in [0.05, 0.1) is 16.8 Å². The lowest BCUT2D eigenvalue weighted by Gasteiger charge is -2.28. The first-order valence-electron chi connectivity index (χ1n) is 11.6. The first-order valence-corrected chi connectivity index (χ1v) is 12.0. The van der Waals surface area contributed by atoms with Gasteiger partial charge in [-0.2, -0.15) is 5.26 Å². The molecule has 34 heavy (non-hydrogen) atoms. The lowest BCUT2D eigenvalue weighted by molar-refractivity contribution is -0.130. The molecule has 1 aromatic rings. The SMILES string of the molecule is CC(C)(C)CC(NC(=O)C1Cc2cccc(Cl)c2N1)C(=O)NC(C#N)CC1CC(C)(C)NC1=O. The van der Waals surface area contributed by atoms with Crippen LogP contribution < -0.4 is 21.3 Å². The molecule has 4 atom stereocenters. The van der Waals surface area contributed by atoms with E-state index >= 15 is 0 Å². The van der Waals surface area contributed by atoms with Crippen molar-refractivity contribution in [3.05, 3.63) is 28.8 Å². The van der Waals surface area contributed by atoms with Crippen LogP contribution in [0.4, 0.5) is 5.69 Å². The lowest BCUT2D eigenvalue weighted by atomic mass is 9.87. The monoisotopic (exact) mass is 487 g/mol. The minimum absolute atomic E-state index is 0.107. The number of nitriles is 1. The molecule has 3 amide bonds. The van der Waals surface area contributed by atoms with Crippen LogP contribution in [0.25, 0.3) is 0 Å². The van der Waals surface area contributed by atoms with Crippen molar-refractivity contribution in [3.8, 4) is 6.07 Å². The normalized spacial score (nSPS) is 22.6. The Morgan fingerprint density at radius 2 is 2.00 bits per heavy atom. The van der Waals surface area contributed by atoms with Gasteiger partial charge in [0.25, 0.3) is 0 Å². The number of anilines is 1. The van der Waals surface area contributed by atoms with Gasteiger partial charge in [-0.25, -0.2) is 0 Å². The molecule has 1 fully saturated rings. The van der Waals surface area contributed by atoms with Gasteiger partial charge in [-0.3, -0.25) is 14.4 Å². The van der Waals surface area contributed by atoms with E-state index in [2.05, 4.69) is 27.3 Å². The van der Waals surface area contributed by atoms with Crippen LogP contribution in [-0.4, -0.2) is 41.4 Å². The Hall–Kier alpha value is -2.79. The smallest absolute Gasteiger partial charge is 0.243 e. The van der Waals surface area contributed by atoms with E-state index in [0.717, 1.165) is 11.3 Å². The van der Waals surface area contributed by atoms with Crippen molar-refractivity contribution in [1.82, 2.24) is 16.0 Å². The molecule has 3 rings (SSSR count). The van der Waals surface area contributed by atoms with Gasteiger partial charge in [0.15, 0.2) is 0 Å². The molecular formula is C25H34ClN5O3. The van der Waals surface area contributed by atoms with Crippen molar-refractivity contribution in [2.24, 2.45) is 11.3 Å². The number of rotatable bonds is 7. The van der Waals surface area contributed by atoms with Crippen LogP contribution in [0.3, 0.4) is 0 Å². The molecule has 184 valence electrons. The van der Waals surface area contributed by atoms with E-state index in [9.17, 15) is 19.6 Å². The third kappa shape index (κ3) is 6.41. The average molecular weight is 488 g/mol. The minimum Gasteiger partial charge on any atom is -0.372 e. The zero-order valence-electron chi connectivity index (χ0n) is 20.4. The quantitative estimate of drug-likeness (QED) is 0.471. The Kier molecular flexibility index (Phi) is 7.47. The van der Waals surface area contributed by atoms with Gasteiger partial charge in [0, 0.05) is 17.9 Å². The molecule has 4 unspecified atom stereocenters. The van der Waals surface area contributed by atoms with Crippen molar-refractivity contribution < 1.29 is 14.4 Å². The van der Waals surface area contributed by atoms with Crippen molar-refractivity contribution >= 4 is 35.0 Å². The van der Waals surface area contributed by atoms with Crippen LogP contribution in [0.2, 0.25) is 5.02 Å². The minimum atomic E-state index is -0.829. The van der Waals surface area contributed by atoms with E-state index in [4.69, 9.17) is 11.6 Å². The van der Waals surface area contributed by atoms with E-state index in [1.54, 1.807) is 6.07 Å². The topological polar surface area (TPSA) is 123 Å². The number of halogens is 1. The predicted molar refractivity (Wildman–Crippen MR) is 131 cm³/mol. The van der Waals surface area contributed by atoms with Crippen LogP contribution in [0, 0.1) is 22.7 Å². The summed E-state index contributed by atoms with van der Waals surface area (Å²) >= 11 is 6.24. The highest BCUT2D eigenvalue weighted by atomic mass is 35.5. The molecule has 2 aliphatic rings. The molecule has 9 heteroatoms. The van der Waals surface area contributed by atoms with Gasteiger partial charge < -0.3 is 21.3 Å². The largest absolute Gasteiger partial charge is 0.372 e. The summed E-state index contributed by atoms with van der Waals surface area (Å²) in [5.41, 5.74) is 1.11. The van der Waals surface area contributed by atoms with E-state index < -0.39 is 24.0 Å². The molecule has 4 N–H and O–H groups in total. The molecule has 0 radical (unpaired) electrons. The van der Waals surface area contributed by atoms with E-state index in [1.807, 2.05) is 46.8 Å². The summed E-state index contributed by atoms with van der Waals surface area (Å²) in [7, 11) is 0. The number of para-hydroxylation sites is 1. The van der Waals surface area contributed by atoms with Crippen LogP contribution >= 0.6 is 11.6 Å². The Morgan fingerprint density at radius 1 is 1.29 bits per heavy atom. The molecule has 2 aliphatic heterocycles. The number of benzene rings is 1. The molecule has 0 aromatic heterocycles. The van der Waals surface area contributed by atoms with Gasteiger partial charge >= 0.3 is 0 Å². The van der Waals surface area contributed by atoms with Crippen LogP contribution in [-0.2, 0) is 20.8 Å². The Balaban J connectivity index is 1.66. The maximum Gasteiger partial charge on any atom is 0.243 e. The second-order valence-electron chi connectivity index (χ2n) is 11.2. The van der Waals surface area contributed by atoms with E-state index in [1.165, 1.54) is 0 Å². The second-order valence-corrected chi connectivity index (χ2v) is 11.6. The number of hydrogen-bond acceptors (Lipinski definition) is 5. The molecule has 0 bridgehead atoms. The Bertz CT molecular complexity index is 1010. The highest BCUT2D eigenvalue weighted by Crippen LogP contribution is 2.33. The standard InChI is InChI=1S/C25H34ClN5O3/c1-24(2,3)12-19(30-22(33)18-10-14-7-6-8-17(26)20(14)29-18)23(34)28-16(13-27)9-15-11-25(4,5)31-21(15)32/h6-8,15-16,18-19,29H,9-12H2,1-5H3,(H,28,34)(H,30,33)(H,31,32). The van der Waals surface area contributed by atoms with E-state index in [0.29, 0.717) is 24.3 Å². The molecule has 0 aliphatic carbocycles. The van der Waals surface area contributed by atoms with Crippen LogP contribution in [0.1, 0.15) is 59.4 Å². The van der Waals surface area contributed by atoms with Gasteiger partial charge in [-0.15, -0.1) is 0 Å². The molecule has 1 saturated heterocycles. The Morgan fingerprint density at radius 3 is 2.56 bits per heavy atom. The van der Waals surface area contributed by atoms with Gasteiger partial charge in [-0.05, 0) is 50.2 Å². The van der Waals surface area contributed by atoms with Gasteiger partial charge in [0.1, 0.15) is 18.1 Å². The number of nitrogens with zero attached hydrogens (tertiary/aromatic N) is 1. The molecule has 0 saturated carbocycles. The summed E-state index contributed by atoms with van der Waals surface area (Å²) < 4.78 is 0. The molecule has 1 aromatic carbocycles. The zero-order chi connectivity index (χ0) is 25.3. The second kappa shape index (κ2) is 9.83. The average Bonchev–Trinajstić information content (AvgIpc) is 3.26. The fourth-order valence-electron chi connectivity index (χ4n) is 4.68. The van der Waals surface area contributed by atoms with Crippen LogP contribution in [0.5, 0.6) is 0 Å². The van der Waals surface area contributed by atoms with Crippen molar-refractivity contribution in [2.75, 3.05) is 5.32 Å². The maximum atomic E-state index is 13.2. The van der Waals surface area contributed by atoms with Crippen molar-refractivity contribution in [2.45, 2.75) is 84.0 Å². The van der Waals surface area contributed by atoms with Crippen molar-refractivity contribution in [1.29, 1.82) is 5.26 Å². The van der Waals surface area contributed by atoms with Gasteiger partial charge in [-0.1, -0.05) is 44.5 Å². The van der Waals surface area contributed by atoms with E-state index in [-0.39, 0.29) is 35.1 Å². The first-order chi connectivity index (χ1) is 15.8. The third-order valence-corrected chi connectivity index (χ3v) is 6.51. The molecule has 0 spiro atoms. The zero-order valence-corrected chi connectivity index (χ0v) is 21.2. The summed E-state index contributed by atoms with van der Waals surface area (Å²) in [6.45, 7) is 9.81. The van der Waals surface area contributed by atoms with Crippen LogP contribution in [0.15, 0.2) is 18.2 Å². The number of hydrogen-bond donors (Lipinski definition) is 4. The first kappa shape index (κ1) is 25.8. The predicted octanol–water partition coefficient (Wildman–Crippen LogP) is 2.91. The maximum absolute atomic E-state index is 13.2. The fraction of sp³-hybridized carbons (Fsp3) is 0.600. The molecule has 2 heterocycles. The number of carbonyl (C=O) groups is 3. The van der Waals surface area contributed by atoms with Gasteiger partial charge in [0.2, 0.25) is 17.7 Å².